The minimum Gasteiger partial charge on any atom is -0.496 e. The Kier molecular flexibility index (Phi) is 10.1. The van der Waals surface area contributed by atoms with E-state index in [-0.39, 0.29) is 29.9 Å². The molecule has 3 aromatic rings. The quantitative estimate of drug-likeness (QED) is 0.277. The molecule has 1 N–H and O–H groups in total. The van der Waals surface area contributed by atoms with Crippen LogP contribution in [-0.2, 0) is 32.7 Å². The summed E-state index contributed by atoms with van der Waals surface area (Å²) in [4.78, 5) is 37.6. The van der Waals surface area contributed by atoms with Crippen molar-refractivity contribution in [3.8, 4) is 11.5 Å². The van der Waals surface area contributed by atoms with Crippen molar-refractivity contribution >= 4 is 17.7 Å². The number of ether oxygens (including phenoxy) is 3. The van der Waals surface area contributed by atoms with Gasteiger partial charge < -0.3 is 29.3 Å². The minimum absolute atomic E-state index is 0.0573. The largest absolute Gasteiger partial charge is 0.496 e. The van der Waals surface area contributed by atoms with Crippen LogP contribution in [0.15, 0.2) is 60.8 Å². The van der Waals surface area contributed by atoms with E-state index in [1.165, 1.54) is 5.56 Å². The molecule has 5 rings (SSSR count). The fourth-order valence-electron chi connectivity index (χ4n) is 7.38. The maximum absolute atomic E-state index is 15.0. The van der Waals surface area contributed by atoms with Crippen molar-refractivity contribution < 1.29 is 23.8 Å². The van der Waals surface area contributed by atoms with Crippen molar-refractivity contribution in [3.63, 3.8) is 0 Å². The molecular formula is C39H52N4O5. The number of fused-ring (bicyclic) bond motifs is 1. The van der Waals surface area contributed by atoms with Gasteiger partial charge in [0.2, 0.25) is 0 Å². The first-order valence-corrected chi connectivity index (χ1v) is 16.9. The number of carbonyl (C=O) groups is 2. The molecule has 0 unspecified atom stereocenters. The van der Waals surface area contributed by atoms with Crippen LogP contribution in [0.2, 0.25) is 0 Å². The standard InChI is InChI=1S/C39H52N4O5/c1-11-47-37(45)34-31(39(5,6)7)32(41-23-25-21-26(38(2,3)4)18-19-28(25)46-10)33(27-16-14-20-40-35(27)42(8)9)43(34)36(44)30-22-24-15-12-13-17-29(24)48-30/h12-21,30-34,41H,11,22-23H2,1-10H3/t30-,31-,32-,33-,34-/m0/s1. The number of nitrogens with zero attached hydrogens (tertiary/aromatic N) is 3. The number of benzene rings is 2. The average Bonchev–Trinajstić information content (AvgIpc) is 3.63. The van der Waals surface area contributed by atoms with E-state index in [2.05, 4.69) is 59.0 Å². The second-order valence-corrected chi connectivity index (χ2v) is 15.2. The van der Waals surface area contributed by atoms with Gasteiger partial charge in [0, 0.05) is 56.3 Å². The van der Waals surface area contributed by atoms with Gasteiger partial charge in [0.15, 0.2) is 6.10 Å². The number of nitrogens with one attached hydrogen (secondary N) is 1. The van der Waals surface area contributed by atoms with Crippen LogP contribution in [0, 0.1) is 11.3 Å². The molecule has 2 aliphatic rings. The molecular weight excluding hydrogens is 604 g/mol. The summed E-state index contributed by atoms with van der Waals surface area (Å²) >= 11 is 0. The highest BCUT2D eigenvalue weighted by Crippen LogP contribution is 2.50. The summed E-state index contributed by atoms with van der Waals surface area (Å²) < 4.78 is 17.9. The van der Waals surface area contributed by atoms with Crippen LogP contribution in [0.25, 0.3) is 0 Å². The molecule has 48 heavy (non-hydrogen) atoms. The van der Waals surface area contributed by atoms with E-state index in [1.54, 1.807) is 25.1 Å². The summed E-state index contributed by atoms with van der Waals surface area (Å²) in [5.41, 5.74) is 3.54. The molecule has 0 saturated carbocycles. The van der Waals surface area contributed by atoms with Gasteiger partial charge in [0.05, 0.1) is 19.8 Å². The van der Waals surface area contributed by atoms with Gasteiger partial charge in [-0.1, -0.05) is 77.9 Å². The molecule has 2 aromatic carbocycles. The fourth-order valence-corrected chi connectivity index (χ4v) is 7.38. The van der Waals surface area contributed by atoms with E-state index in [0.29, 0.717) is 18.7 Å². The topological polar surface area (TPSA) is 93.2 Å². The van der Waals surface area contributed by atoms with Crippen molar-refractivity contribution in [1.29, 1.82) is 0 Å². The van der Waals surface area contributed by atoms with E-state index >= 15 is 0 Å². The molecule has 9 heteroatoms. The molecule has 1 aromatic heterocycles. The van der Waals surface area contributed by atoms with Crippen LogP contribution in [0.4, 0.5) is 5.82 Å². The van der Waals surface area contributed by atoms with Crippen molar-refractivity contribution in [2.24, 2.45) is 11.3 Å². The van der Waals surface area contributed by atoms with Crippen LogP contribution >= 0.6 is 0 Å². The summed E-state index contributed by atoms with van der Waals surface area (Å²) in [5, 5.41) is 3.87. The van der Waals surface area contributed by atoms with Crippen molar-refractivity contribution in [3.05, 3.63) is 83.0 Å². The van der Waals surface area contributed by atoms with E-state index in [0.717, 1.165) is 28.3 Å². The molecule has 3 heterocycles. The molecule has 9 nitrogen and oxygen atoms in total. The van der Waals surface area contributed by atoms with E-state index in [4.69, 9.17) is 19.2 Å². The van der Waals surface area contributed by atoms with Crippen LogP contribution in [0.5, 0.6) is 11.5 Å². The summed E-state index contributed by atoms with van der Waals surface area (Å²) in [7, 11) is 5.57. The van der Waals surface area contributed by atoms with E-state index < -0.39 is 29.6 Å². The third-order valence-corrected chi connectivity index (χ3v) is 9.61. The lowest BCUT2D eigenvalue weighted by Gasteiger charge is -2.36. The highest BCUT2D eigenvalue weighted by Gasteiger charge is 2.60. The Morgan fingerprint density at radius 2 is 1.77 bits per heavy atom. The van der Waals surface area contributed by atoms with Gasteiger partial charge >= 0.3 is 5.97 Å². The first kappa shape index (κ1) is 35.2. The lowest BCUT2D eigenvalue weighted by atomic mass is 9.72. The van der Waals surface area contributed by atoms with Gasteiger partial charge in [0.1, 0.15) is 23.4 Å². The Bertz CT molecular complexity index is 1600. The van der Waals surface area contributed by atoms with Crippen molar-refractivity contribution in [1.82, 2.24) is 15.2 Å². The summed E-state index contributed by atoms with van der Waals surface area (Å²) in [5.74, 6) is 1.21. The predicted octanol–water partition coefficient (Wildman–Crippen LogP) is 6.09. The number of rotatable bonds is 9. The van der Waals surface area contributed by atoms with Gasteiger partial charge in [-0.3, -0.25) is 4.79 Å². The number of para-hydroxylation sites is 1. The zero-order chi connectivity index (χ0) is 35.0. The Balaban J connectivity index is 1.68. The zero-order valence-electron chi connectivity index (χ0n) is 30.2. The summed E-state index contributed by atoms with van der Waals surface area (Å²) in [6.45, 7) is 15.4. The number of hydrogen-bond acceptors (Lipinski definition) is 8. The van der Waals surface area contributed by atoms with Crippen LogP contribution < -0.4 is 19.7 Å². The maximum atomic E-state index is 15.0. The van der Waals surface area contributed by atoms with E-state index in [9.17, 15) is 9.59 Å². The Morgan fingerprint density at radius 1 is 1.04 bits per heavy atom. The van der Waals surface area contributed by atoms with Crippen LogP contribution in [0.3, 0.4) is 0 Å². The highest BCUT2D eigenvalue weighted by atomic mass is 16.5. The number of hydrogen-bond donors (Lipinski definition) is 1. The number of amides is 1. The number of anilines is 1. The molecule has 0 bridgehead atoms. The monoisotopic (exact) mass is 656 g/mol. The Labute approximate surface area is 286 Å². The van der Waals surface area contributed by atoms with Crippen LogP contribution in [0.1, 0.15) is 76.8 Å². The van der Waals surface area contributed by atoms with Gasteiger partial charge in [-0.05, 0) is 47.1 Å². The lowest BCUT2D eigenvalue weighted by Crippen LogP contribution is -2.51. The Hall–Kier alpha value is -4.11. The minimum atomic E-state index is -0.870. The van der Waals surface area contributed by atoms with Gasteiger partial charge in [-0.15, -0.1) is 0 Å². The number of likely N-dealkylation sites (tertiary alicyclic amines) is 1. The van der Waals surface area contributed by atoms with Crippen molar-refractivity contribution in [2.45, 2.75) is 91.1 Å². The number of pyridine rings is 1. The lowest BCUT2D eigenvalue weighted by molar-refractivity contribution is -0.159. The predicted molar refractivity (Wildman–Crippen MR) is 188 cm³/mol. The molecule has 0 radical (unpaired) electrons. The van der Waals surface area contributed by atoms with Gasteiger partial charge in [-0.25, -0.2) is 9.78 Å². The van der Waals surface area contributed by atoms with Crippen molar-refractivity contribution in [2.75, 3.05) is 32.7 Å². The van der Waals surface area contributed by atoms with E-state index in [1.807, 2.05) is 61.5 Å². The Morgan fingerprint density at radius 3 is 2.40 bits per heavy atom. The third-order valence-electron chi connectivity index (χ3n) is 9.61. The molecule has 1 saturated heterocycles. The maximum Gasteiger partial charge on any atom is 0.329 e. The molecule has 2 aliphatic heterocycles. The molecule has 258 valence electrons. The second-order valence-electron chi connectivity index (χ2n) is 15.2. The highest BCUT2D eigenvalue weighted by molar-refractivity contribution is 5.90. The number of carbonyl (C=O) groups excluding carboxylic acids is 2. The van der Waals surface area contributed by atoms with Gasteiger partial charge in [-0.2, -0.15) is 0 Å². The molecule has 1 fully saturated rings. The SMILES string of the molecule is CCOC(=O)[C@@H]1[C@@H](C(C)(C)C)[C@H](NCc2cc(C(C)(C)C)ccc2OC)[C@H](c2cccnc2N(C)C)N1C(=O)[C@@H]1Cc2ccccc2O1. The van der Waals surface area contributed by atoms with Crippen LogP contribution in [-0.4, -0.2) is 67.8 Å². The zero-order valence-corrected chi connectivity index (χ0v) is 30.2. The molecule has 1 amide bonds. The molecule has 0 spiro atoms. The number of methoxy groups -OCH3 is 1. The fraction of sp³-hybridized carbons (Fsp3) is 0.513. The van der Waals surface area contributed by atoms with Gasteiger partial charge in [0.25, 0.3) is 5.91 Å². The first-order chi connectivity index (χ1) is 22.7. The normalized spacial score (nSPS) is 22.2. The summed E-state index contributed by atoms with van der Waals surface area (Å²) in [6.07, 6.45) is 1.41. The molecule has 0 aliphatic carbocycles. The smallest absolute Gasteiger partial charge is 0.329 e. The average molecular weight is 657 g/mol. The molecule has 5 atom stereocenters. The third kappa shape index (κ3) is 6.88. The number of esters is 1. The first-order valence-electron chi connectivity index (χ1n) is 16.9. The second kappa shape index (κ2) is 13.8. The number of aromatic nitrogens is 1. The summed E-state index contributed by atoms with van der Waals surface area (Å²) in [6, 6.07) is 16.2.